The summed E-state index contributed by atoms with van der Waals surface area (Å²) in [5, 5.41) is 9.45. The summed E-state index contributed by atoms with van der Waals surface area (Å²) in [6.07, 6.45) is 2.47. The van der Waals surface area contributed by atoms with E-state index in [1.165, 1.54) is 0 Å². The molecule has 1 heterocycles. The lowest BCUT2D eigenvalue weighted by molar-refractivity contribution is -0.00928. The van der Waals surface area contributed by atoms with Crippen molar-refractivity contribution in [3.05, 3.63) is 11.9 Å². The van der Waals surface area contributed by atoms with Gasteiger partial charge in [0.05, 0.1) is 5.83 Å². The first kappa shape index (κ1) is 13.0. The number of hydrogen-bond acceptors (Lipinski definition) is 2. The molecule has 1 N–H and O–H groups in total. The molecule has 4 heteroatoms. The molecule has 2 rings (SSSR count). The van der Waals surface area contributed by atoms with Crippen LogP contribution in [0.2, 0.25) is 0 Å². The van der Waals surface area contributed by atoms with Crippen LogP contribution < -0.4 is 0 Å². The second-order valence-corrected chi connectivity index (χ2v) is 5.32. The Bertz CT molecular complexity index is 285. The van der Waals surface area contributed by atoms with Gasteiger partial charge in [0.25, 0.3) is 0 Å². The first-order chi connectivity index (χ1) is 8.06. The molecule has 1 saturated heterocycles. The van der Waals surface area contributed by atoms with Crippen molar-refractivity contribution in [3.63, 3.8) is 0 Å². The van der Waals surface area contributed by atoms with Gasteiger partial charge in [-0.1, -0.05) is 0 Å². The topological polar surface area (TPSA) is 23.5 Å². The lowest BCUT2D eigenvalue weighted by Gasteiger charge is -2.37. The first-order valence-electron chi connectivity index (χ1n) is 6.48. The van der Waals surface area contributed by atoms with Crippen molar-refractivity contribution in [2.24, 2.45) is 11.8 Å². The summed E-state index contributed by atoms with van der Waals surface area (Å²) in [5.74, 6) is 0.135. The zero-order valence-electron chi connectivity index (χ0n) is 10.3. The highest BCUT2D eigenvalue weighted by atomic mass is 19.1. The highest BCUT2D eigenvalue weighted by Gasteiger charge is 2.31. The second kappa shape index (κ2) is 5.44. The third-order valence-corrected chi connectivity index (χ3v) is 4.05. The van der Waals surface area contributed by atoms with E-state index < -0.39 is 12.4 Å². The van der Waals surface area contributed by atoms with Crippen LogP contribution in [-0.4, -0.2) is 35.5 Å². The smallest absolute Gasteiger partial charge is 0.107 e. The van der Waals surface area contributed by atoms with Crippen LogP contribution in [0.15, 0.2) is 11.9 Å². The van der Waals surface area contributed by atoms with Gasteiger partial charge in [-0.25, -0.2) is 8.78 Å². The molecule has 0 amide bonds. The van der Waals surface area contributed by atoms with Gasteiger partial charge in [-0.3, -0.25) is 4.90 Å². The van der Waals surface area contributed by atoms with Crippen LogP contribution in [0.3, 0.4) is 0 Å². The van der Waals surface area contributed by atoms with E-state index in [-0.39, 0.29) is 18.2 Å². The summed E-state index contributed by atoms with van der Waals surface area (Å²) in [6, 6.07) is 0. The molecule has 1 aliphatic carbocycles. The maximum atomic E-state index is 13.3. The Morgan fingerprint density at radius 3 is 2.59 bits per heavy atom. The first-order valence-corrected chi connectivity index (χ1v) is 6.48. The van der Waals surface area contributed by atoms with Crippen molar-refractivity contribution < 1.29 is 13.9 Å². The molecular formula is C13H21F2NO. The molecule has 2 aliphatic rings. The molecule has 3 unspecified atom stereocenters. The third kappa shape index (κ3) is 3.26. The van der Waals surface area contributed by atoms with E-state index in [0.29, 0.717) is 12.3 Å². The van der Waals surface area contributed by atoms with Crippen molar-refractivity contribution in [1.82, 2.24) is 4.90 Å². The summed E-state index contributed by atoms with van der Waals surface area (Å²) >= 11 is 0. The van der Waals surface area contributed by atoms with Crippen molar-refractivity contribution in [3.8, 4) is 0 Å². The monoisotopic (exact) mass is 245 g/mol. The molecule has 0 aromatic rings. The summed E-state index contributed by atoms with van der Waals surface area (Å²) < 4.78 is 26.5. The zero-order valence-corrected chi connectivity index (χ0v) is 10.3. The van der Waals surface area contributed by atoms with Gasteiger partial charge in [-0.2, -0.15) is 0 Å². The molecule has 0 saturated carbocycles. The summed E-state index contributed by atoms with van der Waals surface area (Å²) in [6.45, 7) is 3.41. The maximum absolute atomic E-state index is 13.3. The van der Waals surface area contributed by atoms with Gasteiger partial charge in [-0.05, 0) is 44.1 Å². The molecular weight excluding hydrogens is 224 g/mol. The second-order valence-electron chi connectivity index (χ2n) is 5.32. The van der Waals surface area contributed by atoms with Crippen LogP contribution in [0.4, 0.5) is 8.78 Å². The Hall–Kier alpha value is -0.480. The van der Waals surface area contributed by atoms with E-state index in [0.717, 1.165) is 25.9 Å². The fourth-order valence-corrected chi connectivity index (χ4v) is 3.01. The third-order valence-electron chi connectivity index (χ3n) is 4.05. The van der Waals surface area contributed by atoms with Gasteiger partial charge in [0, 0.05) is 19.5 Å². The SMILES string of the molecule is CC(O)N1CCC(C2C=C(F)CC(F)C2)CC1. The number of aliphatic hydroxyl groups is 1. The van der Waals surface area contributed by atoms with Crippen molar-refractivity contribution in [2.45, 2.75) is 45.0 Å². The Morgan fingerprint density at radius 1 is 1.41 bits per heavy atom. The van der Waals surface area contributed by atoms with E-state index in [1.807, 2.05) is 4.90 Å². The molecule has 17 heavy (non-hydrogen) atoms. The van der Waals surface area contributed by atoms with Gasteiger partial charge in [0.15, 0.2) is 0 Å². The number of nitrogens with zero attached hydrogens (tertiary/aromatic N) is 1. The lowest BCUT2D eigenvalue weighted by atomic mass is 9.78. The highest BCUT2D eigenvalue weighted by Crippen LogP contribution is 2.36. The number of rotatable bonds is 2. The van der Waals surface area contributed by atoms with E-state index in [1.54, 1.807) is 13.0 Å². The number of halogens is 2. The van der Waals surface area contributed by atoms with E-state index in [4.69, 9.17) is 0 Å². The minimum Gasteiger partial charge on any atom is -0.379 e. The Kier molecular flexibility index (Phi) is 4.15. The summed E-state index contributed by atoms with van der Waals surface area (Å²) in [4.78, 5) is 2.01. The number of hydrogen-bond donors (Lipinski definition) is 1. The molecule has 0 radical (unpaired) electrons. The molecule has 1 aliphatic heterocycles. The molecule has 2 nitrogen and oxygen atoms in total. The lowest BCUT2D eigenvalue weighted by Crippen LogP contribution is -2.41. The van der Waals surface area contributed by atoms with Gasteiger partial charge in [0.1, 0.15) is 12.4 Å². The Morgan fingerprint density at radius 2 is 2.06 bits per heavy atom. The zero-order chi connectivity index (χ0) is 12.4. The predicted octanol–water partition coefficient (Wildman–Crippen LogP) is 2.64. The fraction of sp³-hybridized carbons (Fsp3) is 0.846. The van der Waals surface area contributed by atoms with Crippen molar-refractivity contribution in [2.75, 3.05) is 13.1 Å². The van der Waals surface area contributed by atoms with E-state index >= 15 is 0 Å². The van der Waals surface area contributed by atoms with E-state index in [2.05, 4.69) is 0 Å². The van der Waals surface area contributed by atoms with E-state index in [9.17, 15) is 13.9 Å². The molecule has 0 aromatic carbocycles. The molecule has 0 aromatic heterocycles. The van der Waals surface area contributed by atoms with Gasteiger partial charge in [-0.15, -0.1) is 0 Å². The number of piperidine rings is 1. The molecule has 1 fully saturated rings. The maximum Gasteiger partial charge on any atom is 0.107 e. The Balaban J connectivity index is 1.90. The highest BCUT2D eigenvalue weighted by molar-refractivity contribution is 5.05. The minimum atomic E-state index is -1.01. The van der Waals surface area contributed by atoms with Crippen LogP contribution in [0.25, 0.3) is 0 Å². The van der Waals surface area contributed by atoms with Crippen molar-refractivity contribution in [1.29, 1.82) is 0 Å². The van der Waals surface area contributed by atoms with Crippen LogP contribution in [0.1, 0.15) is 32.6 Å². The van der Waals surface area contributed by atoms with Gasteiger partial charge < -0.3 is 5.11 Å². The number of aliphatic hydroxyl groups excluding tert-OH is 1. The fourth-order valence-electron chi connectivity index (χ4n) is 3.01. The number of likely N-dealkylation sites (tertiary alicyclic amines) is 1. The largest absolute Gasteiger partial charge is 0.379 e. The van der Waals surface area contributed by atoms with Crippen LogP contribution >= 0.6 is 0 Å². The molecule has 3 atom stereocenters. The average Bonchev–Trinajstić information content (AvgIpc) is 2.28. The quantitative estimate of drug-likeness (QED) is 0.808. The van der Waals surface area contributed by atoms with Crippen LogP contribution in [0.5, 0.6) is 0 Å². The molecule has 98 valence electrons. The molecule has 0 spiro atoms. The molecule has 0 bridgehead atoms. The van der Waals surface area contributed by atoms with Crippen LogP contribution in [-0.2, 0) is 0 Å². The number of alkyl halides is 1. The van der Waals surface area contributed by atoms with Crippen LogP contribution in [0, 0.1) is 11.8 Å². The predicted molar refractivity (Wildman–Crippen MR) is 62.8 cm³/mol. The normalized spacial score (nSPS) is 34.5. The Labute approximate surface area is 101 Å². The standard InChI is InChI=1S/C13H21F2NO/c1-9(17)16-4-2-10(3-5-16)11-6-12(14)8-13(15)7-11/h6,9-11,13,17H,2-5,7-8H2,1H3. The van der Waals surface area contributed by atoms with Gasteiger partial charge in [0.2, 0.25) is 0 Å². The van der Waals surface area contributed by atoms with Crippen molar-refractivity contribution >= 4 is 0 Å². The number of allylic oxidation sites excluding steroid dienone is 2. The average molecular weight is 245 g/mol. The summed E-state index contributed by atoms with van der Waals surface area (Å²) in [7, 11) is 0. The minimum absolute atomic E-state index is 0.0387. The summed E-state index contributed by atoms with van der Waals surface area (Å²) in [5.41, 5.74) is 0. The van der Waals surface area contributed by atoms with Gasteiger partial charge >= 0.3 is 0 Å².